The summed E-state index contributed by atoms with van der Waals surface area (Å²) < 4.78 is 16.0. The van der Waals surface area contributed by atoms with Crippen LogP contribution in [0.4, 0.5) is 5.00 Å². The van der Waals surface area contributed by atoms with Crippen molar-refractivity contribution in [1.29, 1.82) is 0 Å². The van der Waals surface area contributed by atoms with E-state index in [-0.39, 0.29) is 11.6 Å². The number of benzene rings is 1. The molecule has 172 valence electrons. The van der Waals surface area contributed by atoms with E-state index in [1.165, 1.54) is 11.3 Å². The van der Waals surface area contributed by atoms with Crippen molar-refractivity contribution in [2.45, 2.75) is 25.7 Å². The van der Waals surface area contributed by atoms with E-state index in [0.29, 0.717) is 39.9 Å². The second-order valence-electron chi connectivity index (χ2n) is 7.51. The Morgan fingerprint density at radius 1 is 1.15 bits per heavy atom. The van der Waals surface area contributed by atoms with Crippen molar-refractivity contribution in [3.63, 3.8) is 0 Å². The Labute approximate surface area is 195 Å². The number of fused-ring (bicyclic) bond motifs is 1. The van der Waals surface area contributed by atoms with Gasteiger partial charge in [0.15, 0.2) is 23.0 Å². The van der Waals surface area contributed by atoms with Crippen molar-refractivity contribution < 1.29 is 23.6 Å². The molecule has 33 heavy (non-hydrogen) atoms. The summed E-state index contributed by atoms with van der Waals surface area (Å²) in [6.45, 7) is 4.00. The van der Waals surface area contributed by atoms with Crippen LogP contribution in [0.25, 0.3) is 11.3 Å². The van der Waals surface area contributed by atoms with E-state index < -0.39 is 5.91 Å². The van der Waals surface area contributed by atoms with Crippen LogP contribution in [0, 0.1) is 0 Å². The van der Waals surface area contributed by atoms with Crippen LogP contribution in [-0.4, -0.2) is 37.7 Å². The molecule has 2 aromatic heterocycles. The summed E-state index contributed by atoms with van der Waals surface area (Å²) in [4.78, 5) is 26.9. The predicted molar refractivity (Wildman–Crippen MR) is 126 cm³/mol. The van der Waals surface area contributed by atoms with Crippen LogP contribution in [0.15, 0.2) is 41.4 Å². The lowest BCUT2D eigenvalue weighted by atomic mass is 9.95. The summed E-state index contributed by atoms with van der Waals surface area (Å²) in [5.74, 6) is 0.882. The standard InChI is InChI=1S/C24H25N3O5S/c1-4-11-25-23(29)21-15-7-5-6-8-20(15)33-24(21)26-22(28)16-13-18(32-27-16)14-9-10-17(30-2)19(12-14)31-3/h4,9-10,12-13H,1,5-8,11H2,2-3H3,(H,25,29)(H,26,28). The van der Waals surface area contributed by atoms with Gasteiger partial charge in [-0.15, -0.1) is 17.9 Å². The smallest absolute Gasteiger partial charge is 0.278 e. The number of rotatable bonds is 8. The summed E-state index contributed by atoms with van der Waals surface area (Å²) >= 11 is 1.45. The Hall–Kier alpha value is -3.59. The zero-order valence-corrected chi connectivity index (χ0v) is 19.3. The molecule has 0 saturated heterocycles. The number of aromatic nitrogens is 1. The highest BCUT2D eigenvalue weighted by Crippen LogP contribution is 2.38. The summed E-state index contributed by atoms with van der Waals surface area (Å²) in [7, 11) is 3.10. The fourth-order valence-corrected chi connectivity index (χ4v) is 5.10. The largest absolute Gasteiger partial charge is 0.493 e. The van der Waals surface area contributed by atoms with Gasteiger partial charge in [-0.25, -0.2) is 0 Å². The summed E-state index contributed by atoms with van der Waals surface area (Å²) in [5, 5.41) is 10.2. The first-order chi connectivity index (χ1) is 16.0. The van der Waals surface area contributed by atoms with E-state index in [1.54, 1.807) is 44.6 Å². The van der Waals surface area contributed by atoms with Gasteiger partial charge < -0.3 is 24.6 Å². The van der Waals surface area contributed by atoms with Crippen LogP contribution in [0.3, 0.4) is 0 Å². The van der Waals surface area contributed by atoms with E-state index in [9.17, 15) is 9.59 Å². The van der Waals surface area contributed by atoms with Crippen molar-refractivity contribution in [3.05, 3.63) is 58.6 Å². The van der Waals surface area contributed by atoms with Crippen LogP contribution in [0.2, 0.25) is 0 Å². The van der Waals surface area contributed by atoms with Crippen molar-refractivity contribution in [2.24, 2.45) is 0 Å². The topological polar surface area (TPSA) is 103 Å². The third-order valence-corrected chi connectivity index (χ3v) is 6.65. The molecule has 0 atom stereocenters. The minimum atomic E-state index is -0.443. The molecular formula is C24H25N3O5S. The zero-order valence-electron chi connectivity index (χ0n) is 18.5. The molecule has 2 heterocycles. The van der Waals surface area contributed by atoms with Crippen LogP contribution in [0.1, 0.15) is 44.1 Å². The number of carbonyl (C=O) groups excluding carboxylic acids is 2. The highest BCUT2D eigenvalue weighted by atomic mass is 32.1. The number of anilines is 1. The molecule has 0 radical (unpaired) electrons. The molecule has 0 aliphatic heterocycles. The summed E-state index contributed by atoms with van der Waals surface area (Å²) in [6.07, 6.45) is 5.46. The number of ether oxygens (including phenoxy) is 2. The molecule has 4 rings (SSSR count). The molecule has 2 amide bonds. The van der Waals surface area contributed by atoms with Crippen LogP contribution < -0.4 is 20.1 Å². The zero-order chi connectivity index (χ0) is 23.4. The average molecular weight is 468 g/mol. The van der Waals surface area contributed by atoms with Gasteiger partial charge in [0.05, 0.1) is 19.8 Å². The van der Waals surface area contributed by atoms with Crippen molar-refractivity contribution in [2.75, 3.05) is 26.1 Å². The highest BCUT2D eigenvalue weighted by molar-refractivity contribution is 7.17. The Kier molecular flexibility index (Phi) is 6.79. The lowest BCUT2D eigenvalue weighted by Crippen LogP contribution is -2.26. The monoisotopic (exact) mass is 467 g/mol. The van der Waals surface area contributed by atoms with Gasteiger partial charge in [0, 0.05) is 23.1 Å². The van der Waals surface area contributed by atoms with E-state index in [4.69, 9.17) is 14.0 Å². The number of carbonyl (C=O) groups is 2. The molecular weight excluding hydrogens is 442 g/mol. The van der Waals surface area contributed by atoms with Gasteiger partial charge in [0.1, 0.15) is 5.00 Å². The molecule has 8 nitrogen and oxygen atoms in total. The number of thiophene rings is 1. The molecule has 0 saturated carbocycles. The van der Waals surface area contributed by atoms with Crippen molar-refractivity contribution in [3.8, 4) is 22.8 Å². The maximum atomic E-state index is 13.0. The van der Waals surface area contributed by atoms with Crippen LogP contribution in [0.5, 0.6) is 11.5 Å². The molecule has 0 unspecified atom stereocenters. The van der Waals surface area contributed by atoms with Crippen LogP contribution in [-0.2, 0) is 12.8 Å². The van der Waals surface area contributed by atoms with Gasteiger partial charge in [-0.05, 0) is 49.4 Å². The van der Waals surface area contributed by atoms with Gasteiger partial charge in [-0.2, -0.15) is 0 Å². The number of hydrogen-bond acceptors (Lipinski definition) is 7. The lowest BCUT2D eigenvalue weighted by Gasteiger charge is -2.12. The molecule has 9 heteroatoms. The number of nitrogens with zero attached hydrogens (tertiary/aromatic N) is 1. The average Bonchev–Trinajstić information content (AvgIpc) is 3.47. The quantitative estimate of drug-likeness (QED) is 0.474. The van der Waals surface area contributed by atoms with Gasteiger partial charge in [0.25, 0.3) is 11.8 Å². The third-order valence-electron chi connectivity index (χ3n) is 5.44. The fourth-order valence-electron chi connectivity index (χ4n) is 3.82. The third kappa shape index (κ3) is 4.63. The first-order valence-electron chi connectivity index (χ1n) is 10.6. The first-order valence-corrected chi connectivity index (χ1v) is 11.4. The Morgan fingerprint density at radius 2 is 1.94 bits per heavy atom. The number of amides is 2. The van der Waals surface area contributed by atoms with E-state index >= 15 is 0 Å². The first kappa shape index (κ1) is 22.6. The maximum Gasteiger partial charge on any atom is 0.278 e. The van der Waals surface area contributed by atoms with E-state index in [2.05, 4.69) is 22.4 Å². The summed E-state index contributed by atoms with van der Waals surface area (Å²) in [5.41, 5.74) is 2.36. The molecule has 2 N–H and O–H groups in total. The van der Waals surface area contributed by atoms with Gasteiger partial charge >= 0.3 is 0 Å². The molecule has 0 fully saturated rings. The van der Waals surface area contributed by atoms with Gasteiger partial charge in [0.2, 0.25) is 0 Å². The molecule has 0 bridgehead atoms. The molecule has 1 aliphatic carbocycles. The minimum Gasteiger partial charge on any atom is -0.493 e. The van der Waals surface area contributed by atoms with Crippen LogP contribution >= 0.6 is 11.3 Å². The number of aryl methyl sites for hydroxylation is 1. The summed E-state index contributed by atoms with van der Waals surface area (Å²) in [6, 6.07) is 6.84. The van der Waals surface area contributed by atoms with Crippen molar-refractivity contribution in [1.82, 2.24) is 10.5 Å². The Bertz CT molecular complexity index is 1200. The van der Waals surface area contributed by atoms with Gasteiger partial charge in [-0.1, -0.05) is 11.2 Å². The normalized spacial score (nSPS) is 12.5. The molecule has 1 aromatic carbocycles. The molecule has 3 aromatic rings. The van der Waals surface area contributed by atoms with Gasteiger partial charge in [-0.3, -0.25) is 9.59 Å². The van der Waals surface area contributed by atoms with Crippen molar-refractivity contribution >= 4 is 28.2 Å². The Morgan fingerprint density at radius 3 is 2.70 bits per heavy atom. The lowest BCUT2D eigenvalue weighted by molar-refractivity contribution is 0.0958. The number of nitrogens with one attached hydrogen (secondary N) is 2. The second-order valence-corrected chi connectivity index (χ2v) is 8.62. The highest BCUT2D eigenvalue weighted by Gasteiger charge is 2.27. The number of methoxy groups -OCH3 is 2. The second kappa shape index (κ2) is 9.91. The number of hydrogen-bond donors (Lipinski definition) is 2. The Balaban J connectivity index is 1.58. The molecule has 0 spiro atoms. The molecule has 1 aliphatic rings. The van der Waals surface area contributed by atoms with E-state index in [1.807, 2.05) is 0 Å². The predicted octanol–water partition coefficient (Wildman–Crippen LogP) is 4.47. The maximum absolute atomic E-state index is 13.0. The SMILES string of the molecule is C=CCNC(=O)c1c(NC(=O)c2cc(-c3ccc(OC)c(OC)c3)on2)sc2c1CCCC2. The van der Waals surface area contributed by atoms with E-state index in [0.717, 1.165) is 36.1 Å². The minimum absolute atomic E-state index is 0.114. The fraction of sp³-hybridized carbons (Fsp3) is 0.292.